The third-order valence-electron chi connectivity index (χ3n) is 4.49. The largest absolute Gasteiger partial charge is 0.370 e. The Labute approximate surface area is 121 Å². The molecule has 1 aliphatic rings. The van der Waals surface area contributed by atoms with E-state index in [4.69, 9.17) is 9.26 Å². The molecule has 1 N–H and O–H groups in total. The Hall–Kier alpha value is -0.940. The van der Waals surface area contributed by atoms with Crippen LogP contribution in [0.4, 0.5) is 0 Å². The number of methoxy groups -OCH3 is 1. The van der Waals surface area contributed by atoms with Crippen molar-refractivity contribution in [3.8, 4) is 0 Å². The summed E-state index contributed by atoms with van der Waals surface area (Å²) in [6, 6.07) is 0. The van der Waals surface area contributed by atoms with Gasteiger partial charge in [-0.3, -0.25) is 0 Å². The SMILES string of the molecule is CNCCCc1nc(C2(OC)CCC(C)(C)CC2)no1. The van der Waals surface area contributed by atoms with Crippen molar-refractivity contribution < 1.29 is 9.26 Å². The maximum absolute atomic E-state index is 5.80. The van der Waals surface area contributed by atoms with E-state index < -0.39 is 0 Å². The van der Waals surface area contributed by atoms with Crippen molar-refractivity contribution >= 4 is 0 Å². The molecule has 0 amide bonds. The van der Waals surface area contributed by atoms with Gasteiger partial charge in [-0.25, -0.2) is 0 Å². The van der Waals surface area contributed by atoms with Gasteiger partial charge in [0.15, 0.2) is 0 Å². The lowest BCUT2D eigenvalue weighted by Gasteiger charge is -2.40. The van der Waals surface area contributed by atoms with Gasteiger partial charge in [-0.2, -0.15) is 4.98 Å². The molecule has 1 fully saturated rings. The van der Waals surface area contributed by atoms with Gasteiger partial charge in [0.1, 0.15) is 5.60 Å². The smallest absolute Gasteiger partial charge is 0.226 e. The highest BCUT2D eigenvalue weighted by molar-refractivity contribution is 5.05. The molecule has 0 spiro atoms. The van der Waals surface area contributed by atoms with E-state index in [9.17, 15) is 0 Å². The minimum absolute atomic E-state index is 0.347. The van der Waals surface area contributed by atoms with Crippen LogP contribution in [-0.4, -0.2) is 30.8 Å². The molecular formula is C15H27N3O2. The van der Waals surface area contributed by atoms with Crippen molar-refractivity contribution in [2.45, 2.75) is 58.0 Å². The molecule has 0 aromatic carbocycles. The predicted molar refractivity (Wildman–Crippen MR) is 77.5 cm³/mol. The molecule has 0 saturated heterocycles. The summed E-state index contributed by atoms with van der Waals surface area (Å²) in [5.74, 6) is 1.45. The first-order chi connectivity index (χ1) is 9.51. The second kappa shape index (κ2) is 6.22. The summed E-state index contributed by atoms with van der Waals surface area (Å²) in [6.45, 7) is 5.58. The van der Waals surface area contributed by atoms with E-state index in [2.05, 4.69) is 29.3 Å². The highest BCUT2D eigenvalue weighted by atomic mass is 16.5. The molecule has 2 rings (SSSR count). The summed E-state index contributed by atoms with van der Waals surface area (Å²) in [4.78, 5) is 4.57. The average molecular weight is 281 g/mol. The Bertz CT molecular complexity index is 419. The molecule has 1 saturated carbocycles. The molecule has 1 aromatic heterocycles. The summed E-state index contributed by atoms with van der Waals surface area (Å²) < 4.78 is 11.2. The van der Waals surface area contributed by atoms with E-state index in [1.807, 2.05) is 7.05 Å². The maximum Gasteiger partial charge on any atom is 0.226 e. The molecule has 5 nitrogen and oxygen atoms in total. The zero-order valence-electron chi connectivity index (χ0n) is 13.2. The zero-order chi connectivity index (χ0) is 14.6. The van der Waals surface area contributed by atoms with Crippen LogP contribution in [0.25, 0.3) is 0 Å². The average Bonchev–Trinajstić information content (AvgIpc) is 2.89. The maximum atomic E-state index is 5.80. The summed E-state index contributed by atoms with van der Waals surface area (Å²) in [5.41, 5.74) is 0.0433. The normalized spacial score (nSPS) is 21.0. The highest BCUT2D eigenvalue weighted by Crippen LogP contribution is 2.46. The molecule has 0 unspecified atom stereocenters. The Morgan fingerprint density at radius 2 is 1.95 bits per heavy atom. The van der Waals surface area contributed by atoms with Crippen molar-refractivity contribution in [3.63, 3.8) is 0 Å². The van der Waals surface area contributed by atoms with E-state index in [1.54, 1.807) is 7.11 Å². The van der Waals surface area contributed by atoms with Crippen LogP contribution in [0.1, 0.15) is 57.7 Å². The fourth-order valence-corrected chi connectivity index (χ4v) is 2.81. The van der Waals surface area contributed by atoms with E-state index in [0.29, 0.717) is 5.41 Å². The van der Waals surface area contributed by atoms with Gasteiger partial charge < -0.3 is 14.6 Å². The number of aryl methyl sites for hydroxylation is 1. The van der Waals surface area contributed by atoms with Gasteiger partial charge in [0, 0.05) is 13.5 Å². The number of rotatable bonds is 6. The second-order valence-electron chi connectivity index (χ2n) is 6.58. The topological polar surface area (TPSA) is 60.2 Å². The third-order valence-corrected chi connectivity index (χ3v) is 4.49. The number of nitrogens with one attached hydrogen (secondary N) is 1. The molecule has 0 aliphatic heterocycles. The van der Waals surface area contributed by atoms with Crippen molar-refractivity contribution in [3.05, 3.63) is 11.7 Å². The Balaban J connectivity index is 2.05. The summed E-state index contributed by atoms with van der Waals surface area (Å²) in [7, 11) is 3.71. The lowest BCUT2D eigenvalue weighted by Crippen LogP contribution is -2.37. The highest BCUT2D eigenvalue weighted by Gasteiger charge is 2.43. The fourth-order valence-electron chi connectivity index (χ4n) is 2.81. The lowest BCUT2D eigenvalue weighted by molar-refractivity contribution is -0.0740. The van der Waals surface area contributed by atoms with Crippen LogP contribution in [0.5, 0.6) is 0 Å². The van der Waals surface area contributed by atoms with Crippen molar-refractivity contribution in [1.29, 1.82) is 0 Å². The molecule has 20 heavy (non-hydrogen) atoms. The number of nitrogens with zero attached hydrogens (tertiary/aromatic N) is 2. The van der Waals surface area contributed by atoms with Crippen molar-refractivity contribution in [2.75, 3.05) is 20.7 Å². The van der Waals surface area contributed by atoms with E-state index in [-0.39, 0.29) is 5.60 Å². The molecule has 1 aromatic rings. The van der Waals surface area contributed by atoms with Gasteiger partial charge in [-0.1, -0.05) is 19.0 Å². The zero-order valence-corrected chi connectivity index (χ0v) is 13.2. The van der Waals surface area contributed by atoms with Crippen LogP contribution in [0.15, 0.2) is 4.52 Å². The number of aromatic nitrogens is 2. The molecular weight excluding hydrogens is 254 g/mol. The Morgan fingerprint density at radius 1 is 1.25 bits per heavy atom. The van der Waals surface area contributed by atoms with E-state index in [0.717, 1.165) is 56.8 Å². The van der Waals surface area contributed by atoms with Crippen LogP contribution in [-0.2, 0) is 16.8 Å². The minimum atomic E-state index is -0.347. The van der Waals surface area contributed by atoms with Gasteiger partial charge in [0.2, 0.25) is 11.7 Å². The second-order valence-corrected chi connectivity index (χ2v) is 6.58. The Morgan fingerprint density at radius 3 is 2.55 bits per heavy atom. The minimum Gasteiger partial charge on any atom is -0.370 e. The standard InChI is InChI=1S/C15H27N3O2/c1-14(2)7-9-15(19-4,10-8-14)13-17-12(20-18-13)6-5-11-16-3/h16H,5-11H2,1-4H3. The monoisotopic (exact) mass is 281 g/mol. The van der Waals surface area contributed by atoms with E-state index in [1.165, 1.54) is 0 Å². The van der Waals surface area contributed by atoms with Gasteiger partial charge in [0.05, 0.1) is 0 Å². The third kappa shape index (κ3) is 3.38. The number of hydrogen-bond acceptors (Lipinski definition) is 5. The summed E-state index contributed by atoms with van der Waals surface area (Å²) in [5, 5.41) is 7.30. The van der Waals surface area contributed by atoms with Crippen LogP contribution >= 0.6 is 0 Å². The number of hydrogen-bond donors (Lipinski definition) is 1. The number of ether oxygens (including phenoxy) is 1. The van der Waals surface area contributed by atoms with Crippen LogP contribution in [0.2, 0.25) is 0 Å². The van der Waals surface area contributed by atoms with Gasteiger partial charge >= 0.3 is 0 Å². The molecule has 1 aliphatic carbocycles. The van der Waals surface area contributed by atoms with Crippen LogP contribution < -0.4 is 5.32 Å². The van der Waals surface area contributed by atoms with Crippen molar-refractivity contribution in [1.82, 2.24) is 15.5 Å². The van der Waals surface area contributed by atoms with E-state index >= 15 is 0 Å². The van der Waals surface area contributed by atoms with Gasteiger partial charge in [-0.15, -0.1) is 0 Å². The molecule has 1 heterocycles. The quantitative estimate of drug-likeness (QED) is 0.812. The Kier molecular flexibility index (Phi) is 4.81. The first-order valence-electron chi connectivity index (χ1n) is 7.54. The molecule has 5 heteroatoms. The fraction of sp³-hybridized carbons (Fsp3) is 0.867. The lowest BCUT2D eigenvalue weighted by atomic mass is 9.70. The predicted octanol–water partition coefficient (Wildman–Crippen LogP) is 2.66. The first-order valence-corrected chi connectivity index (χ1v) is 7.54. The van der Waals surface area contributed by atoms with Gasteiger partial charge in [-0.05, 0) is 51.1 Å². The molecule has 0 bridgehead atoms. The first kappa shape index (κ1) is 15.4. The molecule has 114 valence electrons. The molecule has 0 radical (unpaired) electrons. The summed E-state index contributed by atoms with van der Waals surface area (Å²) >= 11 is 0. The van der Waals surface area contributed by atoms with Crippen molar-refractivity contribution in [2.24, 2.45) is 5.41 Å². The molecule has 0 atom stereocenters. The summed E-state index contributed by atoms with van der Waals surface area (Å²) in [6.07, 6.45) is 6.01. The van der Waals surface area contributed by atoms with Crippen LogP contribution in [0.3, 0.4) is 0 Å². The van der Waals surface area contributed by atoms with Crippen LogP contribution in [0, 0.1) is 5.41 Å². The van der Waals surface area contributed by atoms with Gasteiger partial charge in [0.25, 0.3) is 0 Å².